The van der Waals surface area contributed by atoms with E-state index in [0.717, 1.165) is 15.2 Å². The van der Waals surface area contributed by atoms with Crippen LogP contribution in [0.3, 0.4) is 0 Å². The average Bonchev–Trinajstić information content (AvgIpc) is 3.39. The first-order valence-corrected chi connectivity index (χ1v) is 10.6. The smallest absolute Gasteiger partial charge is 0.227 e. The van der Waals surface area contributed by atoms with Crippen LogP contribution in [0.5, 0.6) is 17.2 Å². The van der Waals surface area contributed by atoms with E-state index in [9.17, 15) is 9.59 Å². The maximum absolute atomic E-state index is 12.7. The molecule has 4 rings (SSSR count). The topological polar surface area (TPSA) is 90.0 Å². The minimum absolute atomic E-state index is 0.130. The van der Waals surface area contributed by atoms with E-state index in [-0.39, 0.29) is 24.8 Å². The number of rotatable bonds is 7. The highest BCUT2D eigenvalue weighted by atomic mass is 32.1. The minimum Gasteiger partial charge on any atom is -0.493 e. The number of aromatic nitrogens is 1. The zero-order valence-electron chi connectivity index (χ0n) is 17.5. The van der Waals surface area contributed by atoms with Gasteiger partial charge in [0, 0.05) is 25.1 Å². The molecular formula is C22H23N3O5S. The van der Waals surface area contributed by atoms with Gasteiger partial charge in [-0.05, 0) is 12.1 Å². The third-order valence-electron chi connectivity index (χ3n) is 5.21. The van der Waals surface area contributed by atoms with E-state index in [0.29, 0.717) is 29.5 Å². The molecule has 1 atom stereocenters. The van der Waals surface area contributed by atoms with Crippen LogP contribution >= 0.6 is 11.3 Å². The summed E-state index contributed by atoms with van der Waals surface area (Å²) in [5, 5.41) is 3.75. The van der Waals surface area contributed by atoms with Crippen molar-refractivity contribution in [1.82, 2.24) is 10.3 Å². The standard InChI is InChI=1S/C22H23N3O5S/c1-28-16-9-14(10-17(29-2)21(16)30-3)25-12-13(8-20(25)26)22(27)23-11-19-24-15-6-4-5-7-18(15)31-19/h4-7,9-10,13H,8,11-12H2,1-3H3,(H,23,27). The van der Waals surface area contributed by atoms with Crippen molar-refractivity contribution in [3.8, 4) is 17.2 Å². The Balaban J connectivity index is 1.45. The summed E-state index contributed by atoms with van der Waals surface area (Å²) in [6.45, 7) is 0.621. The summed E-state index contributed by atoms with van der Waals surface area (Å²) in [5.41, 5.74) is 1.52. The maximum atomic E-state index is 12.7. The molecule has 1 aliphatic heterocycles. The molecule has 0 bridgehead atoms. The molecule has 0 radical (unpaired) electrons. The number of hydrogen-bond acceptors (Lipinski definition) is 7. The van der Waals surface area contributed by atoms with Crippen LogP contribution in [0.2, 0.25) is 0 Å². The van der Waals surface area contributed by atoms with E-state index < -0.39 is 5.92 Å². The van der Waals surface area contributed by atoms with Crippen molar-refractivity contribution in [3.05, 3.63) is 41.4 Å². The van der Waals surface area contributed by atoms with Gasteiger partial charge in [0.15, 0.2) is 11.5 Å². The number of anilines is 1. The van der Waals surface area contributed by atoms with Crippen molar-refractivity contribution < 1.29 is 23.8 Å². The molecular weight excluding hydrogens is 418 g/mol. The van der Waals surface area contributed by atoms with Crippen LogP contribution in [0, 0.1) is 5.92 Å². The van der Waals surface area contributed by atoms with E-state index in [1.165, 1.54) is 21.3 Å². The molecule has 1 aromatic heterocycles. The van der Waals surface area contributed by atoms with Crippen molar-refractivity contribution in [3.63, 3.8) is 0 Å². The molecule has 1 fully saturated rings. The number of benzene rings is 2. The second-order valence-electron chi connectivity index (χ2n) is 7.08. The van der Waals surface area contributed by atoms with Gasteiger partial charge in [0.1, 0.15) is 5.01 Å². The Hall–Kier alpha value is -3.33. The second kappa shape index (κ2) is 8.81. The van der Waals surface area contributed by atoms with Crippen LogP contribution in [0.15, 0.2) is 36.4 Å². The first-order valence-electron chi connectivity index (χ1n) is 9.76. The van der Waals surface area contributed by atoms with Gasteiger partial charge >= 0.3 is 0 Å². The van der Waals surface area contributed by atoms with E-state index in [1.807, 2.05) is 24.3 Å². The van der Waals surface area contributed by atoms with Crippen LogP contribution in [-0.4, -0.2) is 44.7 Å². The van der Waals surface area contributed by atoms with Crippen LogP contribution in [-0.2, 0) is 16.1 Å². The molecule has 3 aromatic rings. The number of nitrogens with zero attached hydrogens (tertiary/aromatic N) is 2. The quantitative estimate of drug-likeness (QED) is 0.606. The lowest BCUT2D eigenvalue weighted by Crippen LogP contribution is -2.32. The summed E-state index contributed by atoms with van der Waals surface area (Å²) in [6.07, 6.45) is 0.141. The highest BCUT2D eigenvalue weighted by molar-refractivity contribution is 7.18. The van der Waals surface area contributed by atoms with Crippen molar-refractivity contribution >= 4 is 39.1 Å². The van der Waals surface area contributed by atoms with Crippen LogP contribution < -0.4 is 24.4 Å². The molecule has 2 amide bonds. The van der Waals surface area contributed by atoms with Gasteiger partial charge in [0.05, 0.1) is 49.7 Å². The molecule has 31 heavy (non-hydrogen) atoms. The summed E-state index contributed by atoms with van der Waals surface area (Å²) in [5.74, 6) is 0.616. The van der Waals surface area contributed by atoms with E-state index >= 15 is 0 Å². The molecule has 1 N–H and O–H groups in total. The molecule has 0 spiro atoms. The number of carbonyl (C=O) groups is 2. The largest absolute Gasteiger partial charge is 0.493 e. The molecule has 9 heteroatoms. The minimum atomic E-state index is -0.444. The molecule has 0 aliphatic carbocycles. The first kappa shape index (κ1) is 20.9. The fourth-order valence-electron chi connectivity index (χ4n) is 3.66. The lowest BCUT2D eigenvalue weighted by molar-refractivity contribution is -0.126. The lowest BCUT2D eigenvalue weighted by Gasteiger charge is -2.20. The highest BCUT2D eigenvalue weighted by Gasteiger charge is 2.36. The molecule has 162 valence electrons. The number of thiazole rings is 1. The summed E-state index contributed by atoms with van der Waals surface area (Å²) in [6, 6.07) is 11.3. The third-order valence-corrected chi connectivity index (χ3v) is 6.25. The van der Waals surface area contributed by atoms with E-state index in [2.05, 4.69) is 10.3 Å². The molecule has 1 aliphatic rings. The molecule has 8 nitrogen and oxygen atoms in total. The SMILES string of the molecule is COc1cc(N2CC(C(=O)NCc3nc4ccccc4s3)CC2=O)cc(OC)c1OC. The number of ether oxygens (including phenoxy) is 3. The van der Waals surface area contributed by atoms with Gasteiger partial charge < -0.3 is 24.4 Å². The van der Waals surface area contributed by atoms with Crippen LogP contribution in [0.25, 0.3) is 10.2 Å². The van der Waals surface area contributed by atoms with Gasteiger partial charge in [0.2, 0.25) is 17.6 Å². The van der Waals surface area contributed by atoms with Crippen LogP contribution in [0.4, 0.5) is 5.69 Å². The Morgan fingerprint density at radius 3 is 2.52 bits per heavy atom. The highest BCUT2D eigenvalue weighted by Crippen LogP contribution is 2.42. The Morgan fingerprint density at radius 1 is 1.16 bits per heavy atom. The maximum Gasteiger partial charge on any atom is 0.227 e. The Morgan fingerprint density at radius 2 is 1.87 bits per heavy atom. The van der Waals surface area contributed by atoms with Gasteiger partial charge in [-0.15, -0.1) is 11.3 Å². The number of para-hydroxylation sites is 1. The fraction of sp³-hybridized carbons (Fsp3) is 0.318. The summed E-state index contributed by atoms with van der Waals surface area (Å²) in [7, 11) is 4.56. The van der Waals surface area contributed by atoms with Gasteiger partial charge in [-0.2, -0.15) is 0 Å². The number of hydrogen-bond donors (Lipinski definition) is 1. The number of nitrogens with one attached hydrogen (secondary N) is 1. The van der Waals surface area contributed by atoms with E-state index in [1.54, 1.807) is 28.4 Å². The molecule has 0 saturated carbocycles. The lowest BCUT2D eigenvalue weighted by atomic mass is 10.1. The number of methoxy groups -OCH3 is 3. The Bertz CT molecular complexity index is 1070. The van der Waals surface area contributed by atoms with E-state index in [4.69, 9.17) is 14.2 Å². The van der Waals surface area contributed by atoms with Gasteiger partial charge in [0.25, 0.3) is 0 Å². The monoisotopic (exact) mass is 441 g/mol. The fourth-order valence-corrected chi connectivity index (χ4v) is 4.57. The summed E-state index contributed by atoms with van der Waals surface area (Å²) < 4.78 is 17.2. The zero-order chi connectivity index (χ0) is 22.0. The second-order valence-corrected chi connectivity index (χ2v) is 8.20. The normalized spacial score (nSPS) is 15.9. The molecule has 1 saturated heterocycles. The van der Waals surface area contributed by atoms with Crippen molar-refractivity contribution in [2.24, 2.45) is 5.92 Å². The van der Waals surface area contributed by atoms with Gasteiger partial charge in [-0.1, -0.05) is 12.1 Å². The average molecular weight is 442 g/mol. The summed E-state index contributed by atoms with van der Waals surface area (Å²) >= 11 is 1.55. The molecule has 1 unspecified atom stereocenters. The molecule has 2 aromatic carbocycles. The zero-order valence-corrected chi connectivity index (χ0v) is 18.3. The molecule has 2 heterocycles. The van der Waals surface area contributed by atoms with Crippen molar-refractivity contribution in [1.29, 1.82) is 0 Å². The predicted molar refractivity (Wildman–Crippen MR) is 118 cm³/mol. The van der Waals surface area contributed by atoms with Gasteiger partial charge in [-0.3, -0.25) is 9.59 Å². The van der Waals surface area contributed by atoms with Crippen molar-refractivity contribution in [2.75, 3.05) is 32.8 Å². The Labute approximate surface area is 183 Å². The summed E-state index contributed by atoms with van der Waals surface area (Å²) in [4.78, 5) is 31.5. The predicted octanol–water partition coefficient (Wildman–Crippen LogP) is 2.99. The van der Waals surface area contributed by atoms with Crippen molar-refractivity contribution in [2.45, 2.75) is 13.0 Å². The number of fused-ring (bicyclic) bond motifs is 1. The third kappa shape index (κ3) is 4.13. The van der Waals surface area contributed by atoms with Crippen LogP contribution in [0.1, 0.15) is 11.4 Å². The first-order chi connectivity index (χ1) is 15.0. The Kier molecular flexibility index (Phi) is 5.94. The number of carbonyl (C=O) groups excluding carboxylic acids is 2. The van der Waals surface area contributed by atoms with Gasteiger partial charge in [-0.25, -0.2) is 4.98 Å². The number of amides is 2.